The fourth-order valence-corrected chi connectivity index (χ4v) is 4.58. The highest BCUT2D eigenvalue weighted by atomic mass is 32.1. The van der Waals surface area contributed by atoms with Gasteiger partial charge in [-0.25, -0.2) is 9.37 Å². The molecule has 130 valence electrons. The molecule has 5 nitrogen and oxygen atoms in total. The molecule has 1 fully saturated rings. The summed E-state index contributed by atoms with van der Waals surface area (Å²) in [6, 6.07) is 4.94. The molecule has 1 aliphatic carbocycles. The molecule has 2 aromatic heterocycles. The number of nitrogens with one attached hydrogen (secondary N) is 1. The van der Waals surface area contributed by atoms with E-state index in [0.29, 0.717) is 20.3 Å². The number of fused-ring (bicyclic) bond motifs is 3. The van der Waals surface area contributed by atoms with Crippen molar-refractivity contribution in [2.45, 2.75) is 44.7 Å². The van der Waals surface area contributed by atoms with Gasteiger partial charge in [0.25, 0.3) is 5.56 Å². The largest absolute Gasteiger partial charge is 0.352 e. The molecule has 25 heavy (non-hydrogen) atoms. The van der Waals surface area contributed by atoms with Crippen LogP contribution in [0.1, 0.15) is 32.1 Å². The lowest BCUT2D eigenvalue weighted by Gasteiger charge is -2.22. The first-order valence-electron chi connectivity index (χ1n) is 8.49. The lowest BCUT2D eigenvalue weighted by molar-refractivity contribution is -0.122. The number of hydrogen-bond acceptors (Lipinski definition) is 4. The Morgan fingerprint density at radius 1 is 1.32 bits per heavy atom. The molecular weight excluding hydrogens is 341 g/mol. The summed E-state index contributed by atoms with van der Waals surface area (Å²) in [6.45, 7) is -0.0605. The number of nitrogens with zero attached hydrogens (tertiary/aromatic N) is 2. The van der Waals surface area contributed by atoms with Crippen LogP contribution < -0.4 is 10.9 Å². The zero-order valence-corrected chi connectivity index (χ0v) is 14.4. The maximum atomic E-state index is 14.0. The second-order valence-corrected chi connectivity index (χ2v) is 7.53. The first kappa shape index (κ1) is 16.2. The van der Waals surface area contributed by atoms with Crippen molar-refractivity contribution in [3.63, 3.8) is 0 Å². The van der Waals surface area contributed by atoms with E-state index in [0.717, 1.165) is 25.7 Å². The molecule has 1 saturated carbocycles. The third kappa shape index (κ3) is 3.04. The molecule has 0 bridgehead atoms. The third-order valence-corrected chi connectivity index (χ3v) is 5.84. The Morgan fingerprint density at radius 2 is 2.12 bits per heavy atom. The van der Waals surface area contributed by atoms with Crippen molar-refractivity contribution in [1.82, 2.24) is 14.9 Å². The fourth-order valence-electron chi connectivity index (χ4n) is 3.46. The number of hydrogen-bond donors (Lipinski definition) is 1. The van der Waals surface area contributed by atoms with E-state index < -0.39 is 0 Å². The van der Waals surface area contributed by atoms with Gasteiger partial charge in [-0.3, -0.25) is 14.2 Å². The summed E-state index contributed by atoms with van der Waals surface area (Å²) < 4.78 is 16.4. The molecule has 1 aromatic carbocycles. The predicted octanol–water partition coefficient (Wildman–Crippen LogP) is 3.20. The Balaban J connectivity index is 1.63. The Morgan fingerprint density at radius 3 is 2.92 bits per heavy atom. The van der Waals surface area contributed by atoms with Crippen LogP contribution in [0.5, 0.6) is 0 Å². The lowest BCUT2D eigenvalue weighted by atomic mass is 9.95. The van der Waals surface area contributed by atoms with Crippen molar-refractivity contribution in [2.24, 2.45) is 0 Å². The van der Waals surface area contributed by atoms with Crippen LogP contribution in [0, 0.1) is 5.82 Å². The van der Waals surface area contributed by atoms with Crippen LogP contribution in [0.4, 0.5) is 4.39 Å². The van der Waals surface area contributed by atoms with Crippen molar-refractivity contribution in [3.8, 4) is 0 Å². The second-order valence-electron chi connectivity index (χ2n) is 6.47. The zero-order valence-electron chi connectivity index (χ0n) is 13.6. The zero-order chi connectivity index (χ0) is 17.4. The van der Waals surface area contributed by atoms with Gasteiger partial charge in [0.15, 0.2) is 0 Å². The Kier molecular flexibility index (Phi) is 4.25. The quantitative estimate of drug-likeness (QED) is 0.781. The summed E-state index contributed by atoms with van der Waals surface area (Å²) in [5, 5.41) is 3.37. The molecule has 3 aromatic rings. The number of halogens is 1. The number of carbonyl (C=O) groups excluding carboxylic acids is 1. The van der Waals surface area contributed by atoms with Gasteiger partial charge in [-0.2, -0.15) is 0 Å². The van der Waals surface area contributed by atoms with Crippen LogP contribution in [-0.4, -0.2) is 21.5 Å². The molecule has 0 spiro atoms. The van der Waals surface area contributed by atoms with E-state index in [1.54, 1.807) is 12.1 Å². The van der Waals surface area contributed by atoms with E-state index in [2.05, 4.69) is 10.3 Å². The SMILES string of the molecule is O=C(Cn1cnc2c(sc3cccc(F)c32)c1=O)NC1CCCCC1. The van der Waals surface area contributed by atoms with E-state index in [9.17, 15) is 14.0 Å². The molecule has 0 atom stereocenters. The van der Waals surface area contributed by atoms with Crippen molar-refractivity contribution in [3.05, 3.63) is 40.7 Å². The summed E-state index contributed by atoms with van der Waals surface area (Å²) in [4.78, 5) is 29.2. The minimum absolute atomic E-state index is 0.0605. The van der Waals surface area contributed by atoms with Crippen molar-refractivity contribution in [1.29, 1.82) is 0 Å². The molecular formula is C18H18FN3O2S. The smallest absolute Gasteiger partial charge is 0.271 e. The summed E-state index contributed by atoms with van der Waals surface area (Å²) in [7, 11) is 0. The molecule has 0 radical (unpaired) electrons. The van der Waals surface area contributed by atoms with Crippen LogP contribution in [0.25, 0.3) is 20.3 Å². The van der Waals surface area contributed by atoms with Gasteiger partial charge in [-0.05, 0) is 25.0 Å². The number of aromatic nitrogens is 2. The highest BCUT2D eigenvalue weighted by Gasteiger charge is 2.18. The summed E-state index contributed by atoms with van der Waals surface area (Å²) in [5.41, 5.74) is 0.0661. The predicted molar refractivity (Wildman–Crippen MR) is 96.4 cm³/mol. The van der Waals surface area contributed by atoms with E-state index in [1.807, 2.05) is 0 Å². The Bertz CT molecular complexity index is 1000. The molecule has 2 heterocycles. The van der Waals surface area contributed by atoms with Crippen LogP contribution in [0.2, 0.25) is 0 Å². The third-order valence-electron chi connectivity index (χ3n) is 4.70. The number of amides is 1. The van der Waals surface area contributed by atoms with Crippen molar-refractivity contribution >= 4 is 37.5 Å². The van der Waals surface area contributed by atoms with Gasteiger partial charge in [0.1, 0.15) is 17.1 Å². The lowest BCUT2D eigenvalue weighted by Crippen LogP contribution is -2.39. The van der Waals surface area contributed by atoms with Gasteiger partial charge >= 0.3 is 0 Å². The first-order valence-corrected chi connectivity index (χ1v) is 9.30. The molecule has 0 saturated heterocycles. The average molecular weight is 359 g/mol. The number of rotatable bonds is 3. The number of carbonyl (C=O) groups is 1. The monoisotopic (exact) mass is 359 g/mol. The first-order chi connectivity index (χ1) is 12.1. The highest BCUT2D eigenvalue weighted by molar-refractivity contribution is 7.25. The van der Waals surface area contributed by atoms with Gasteiger partial charge in [-0.1, -0.05) is 25.3 Å². The normalized spacial score (nSPS) is 15.7. The molecule has 1 amide bonds. The maximum Gasteiger partial charge on any atom is 0.271 e. The second kappa shape index (κ2) is 6.55. The van der Waals surface area contributed by atoms with Crippen LogP contribution >= 0.6 is 11.3 Å². The van der Waals surface area contributed by atoms with Crippen LogP contribution in [-0.2, 0) is 11.3 Å². The minimum atomic E-state index is -0.386. The molecule has 1 N–H and O–H groups in total. The average Bonchev–Trinajstić information content (AvgIpc) is 2.99. The molecule has 7 heteroatoms. The molecule has 4 rings (SSSR count). The topological polar surface area (TPSA) is 64.0 Å². The van der Waals surface area contributed by atoms with Crippen LogP contribution in [0.3, 0.4) is 0 Å². The Hall–Kier alpha value is -2.28. The van der Waals surface area contributed by atoms with E-state index >= 15 is 0 Å². The highest BCUT2D eigenvalue weighted by Crippen LogP contribution is 2.31. The summed E-state index contributed by atoms with van der Waals surface area (Å²) in [5.74, 6) is -0.564. The fraction of sp³-hybridized carbons (Fsp3) is 0.389. The van der Waals surface area contributed by atoms with Gasteiger partial charge in [-0.15, -0.1) is 11.3 Å². The minimum Gasteiger partial charge on any atom is -0.352 e. The van der Waals surface area contributed by atoms with Gasteiger partial charge in [0.05, 0.1) is 17.2 Å². The summed E-state index contributed by atoms with van der Waals surface area (Å²) >= 11 is 1.21. The van der Waals surface area contributed by atoms with E-state index in [1.165, 1.54) is 34.7 Å². The standard InChI is InChI=1S/C18H18FN3O2S/c19-12-7-4-8-13-15(12)16-17(25-13)18(24)22(10-20-16)9-14(23)21-11-5-2-1-3-6-11/h4,7-8,10-11H,1-3,5-6,9H2,(H,21,23). The van der Waals surface area contributed by atoms with E-state index in [-0.39, 0.29) is 29.9 Å². The van der Waals surface area contributed by atoms with Crippen molar-refractivity contribution < 1.29 is 9.18 Å². The molecule has 1 aliphatic rings. The van der Waals surface area contributed by atoms with Gasteiger partial charge < -0.3 is 5.32 Å². The molecule has 0 aliphatic heterocycles. The van der Waals surface area contributed by atoms with Crippen molar-refractivity contribution in [2.75, 3.05) is 0 Å². The van der Waals surface area contributed by atoms with Crippen LogP contribution in [0.15, 0.2) is 29.3 Å². The maximum absolute atomic E-state index is 14.0. The Labute approximate surface area is 147 Å². The number of benzene rings is 1. The number of thiophene rings is 1. The van der Waals surface area contributed by atoms with E-state index in [4.69, 9.17) is 0 Å². The van der Waals surface area contributed by atoms with Gasteiger partial charge in [0, 0.05) is 10.7 Å². The van der Waals surface area contributed by atoms with Gasteiger partial charge in [0.2, 0.25) is 5.91 Å². The summed E-state index contributed by atoms with van der Waals surface area (Å²) in [6.07, 6.45) is 6.80. The molecule has 0 unspecified atom stereocenters.